The van der Waals surface area contributed by atoms with Crippen LogP contribution in [-0.4, -0.2) is 20.0 Å². The molecule has 7 atom stereocenters. The Bertz CT molecular complexity index is 1410. The Balaban J connectivity index is 1.10. The summed E-state index contributed by atoms with van der Waals surface area (Å²) < 4.78 is 2.32. The minimum atomic E-state index is 0.257. The van der Waals surface area contributed by atoms with Crippen LogP contribution in [-0.2, 0) is 6.42 Å². The fourth-order valence-electron chi connectivity index (χ4n) is 9.97. The maximum Gasteiger partial charge on any atom is 0.0725 e. The summed E-state index contributed by atoms with van der Waals surface area (Å²) in [6, 6.07) is 9.70. The molecule has 7 rings (SSSR count). The summed E-state index contributed by atoms with van der Waals surface area (Å²) in [7, 11) is 0. The first-order chi connectivity index (χ1) is 18.7. The Morgan fingerprint density at radius 3 is 2.67 bits per heavy atom. The lowest BCUT2D eigenvalue weighted by atomic mass is 9.44. The summed E-state index contributed by atoms with van der Waals surface area (Å²) >= 11 is 0. The number of allylic oxidation sites excluding steroid dienone is 2. The highest BCUT2D eigenvalue weighted by Crippen LogP contribution is 2.68. The Kier molecular flexibility index (Phi) is 5.89. The number of fused-ring (bicyclic) bond motifs is 6. The molecule has 4 aliphatic carbocycles. The van der Waals surface area contributed by atoms with Crippen LogP contribution in [0.25, 0.3) is 16.3 Å². The lowest BCUT2D eigenvalue weighted by Gasteiger charge is -2.61. The molecule has 0 unspecified atom stereocenters. The number of pyridine rings is 1. The highest BCUT2D eigenvalue weighted by molar-refractivity contribution is 5.86. The van der Waals surface area contributed by atoms with Crippen molar-refractivity contribution in [2.75, 3.05) is 0 Å². The summed E-state index contributed by atoms with van der Waals surface area (Å²) in [5.41, 5.74) is 5.41. The van der Waals surface area contributed by atoms with Crippen LogP contribution < -0.4 is 0 Å². The second kappa shape index (κ2) is 9.01. The van der Waals surface area contributed by atoms with Gasteiger partial charge >= 0.3 is 0 Å². The fourth-order valence-corrected chi connectivity index (χ4v) is 9.97. The van der Waals surface area contributed by atoms with E-state index in [2.05, 4.69) is 84.9 Å². The lowest BCUT2D eigenvalue weighted by molar-refractivity contribution is -0.104. The SMILES string of the molecule is CC(C)(C)Cc1cnnn1[C@H]1CC[C@@]2(C)[C@@H](CC[C@@H]3[C@@H]2CC[C@]2(C)C(c4ccc5ccncc5c4)=CC[C@@H]32)C1. The van der Waals surface area contributed by atoms with Crippen molar-refractivity contribution >= 4 is 16.3 Å². The van der Waals surface area contributed by atoms with Crippen molar-refractivity contribution in [3.05, 3.63) is 60.2 Å². The normalized spacial score (nSPS) is 36.2. The van der Waals surface area contributed by atoms with Gasteiger partial charge in [0.1, 0.15) is 0 Å². The molecule has 3 fully saturated rings. The first kappa shape index (κ1) is 25.5. The van der Waals surface area contributed by atoms with E-state index in [-0.39, 0.29) is 5.41 Å². The molecule has 1 aromatic carbocycles. The van der Waals surface area contributed by atoms with Gasteiger partial charge in [0.05, 0.1) is 17.9 Å². The molecule has 0 amide bonds. The molecule has 206 valence electrons. The van der Waals surface area contributed by atoms with Crippen LogP contribution in [0.5, 0.6) is 0 Å². The Hall–Kier alpha value is -2.49. The van der Waals surface area contributed by atoms with Crippen LogP contribution in [0.2, 0.25) is 0 Å². The van der Waals surface area contributed by atoms with Gasteiger partial charge in [0.2, 0.25) is 0 Å². The maximum atomic E-state index is 4.63. The molecule has 4 nitrogen and oxygen atoms in total. The second-order valence-corrected chi connectivity index (χ2v) is 15.2. The molecule has 0 radical (unpaired) electrons. The molecule has 0 spiro atoms. The summed E-state index contributed by atoms with van der Waals surface area (Å²) in [5.74, 6) is 3.34. The van der Waals surface area contributed by atoms with Crippen molar-refractivity contribution < 1.29 is 0 Å². The Labute approximate surface area is 234 Å². The van der Waals surface area contributed by atoms with Gasteiger partial charge in [-0.3, -0.25) is 4.98 Å². The average Bonchev–Trinajstić information content (AvgIpc) is 3.50. The van der Waals surface area contributed by atoms with Crippen molar-refractivity contribution in [3.8, 4) is 0 Å². The summed E-state index contributed by atoms with van der Waals surface area (Å²) in [4.78, 5) is 4.39. The van der Waals surface area contributed by atoms with Gasteiger partial charge in [-0.1, -0.05) is 58.0 Å². The van der Waals surface area contributed by atoms with Gasteiger partial charge in [0.15, 0.2) is 0 Å². The van der Waals surface area contributed by atoms with E-state index < -0.39 is 0 Å². The highest BCUT2D eigenvalue weighted by Gasteiger charge is 2.58. The van der Waals surface area contributed by atoms with Gasteiger partial charge in [0, 0.05) is 17.8 Å². The molecule has 2 aromatic heterocycles. The number of hydrogen-bond donors (Lipinski definition) is 0. The molecule has 4 aliphatic rings. The number of hydrogen-bond acceptors (Lipinski definition) is 3. The van der Waals surface area contributed by atoms with Gasteiger partial charge in [-0.2, -0.15) is 0 Å². The zero-order chi connectivity index (χ0) is 27.0. The maximum absolute atomic E-state index is 4.63. The van der Waals surface area contributed by atoms with Crippen molar-refractivity contribution in [1.82, 2.24) is 20.0 Å². The third kappa shape index (κ3) is 4.11. The average molecular weight is 523 g/mol. The molecular formula is C35H46N4. The first-order valence-electron chi connectivity index (χ1n) is 15.6. The van der Waals surface area contributed by atoms with Crippen LogP contribution in [0.4, 0.5) is 0 Å². The third-order valence-electron chi connectivity index (χ3n) is 11.9. The standard InChI is InChI=1S/C35H46N4/c1-33(2,3)20-28-22-37-38-39(28)27-12-15-34(4)26(19-27)8-9-29-31-11-10-30(35(31,5)16-13-32(29)34)24-7-6-23-14-17-36-21-25(23)18-24/h6-7,10,14,17-18,21-22,26-27,29,31-32H,8-9,11-13,15-16,19-20H2,1-5H3/t26-,27-,29-,31-,32-,34-,35+/m0/s1. The lowest BCUT2D eigenvalue weighted by Crippen LogP contribution is -2.53. The molecule has 0 saturated heterocycles. The molecule has 0 bridgehead atoms. The summed E-state index contributed by atoms with van der Waals surface area (Å²) in [6.45, 7) is 12.3. The van der Waals surface area contributed by atoms with Crippen LogP contribution in [0, 0.1) is 39.9 Å². The van der Waals surface area contributed by atoms with E-state index in [1.165, 1.54) is 73.4 Å². The number of nitrogens with zero attached hydrogens (tertiary/aromatic N) is 4. The monoisotopic (exact) mass is 522 g/mol. The van der Waals surface area contributed by atoms with Gasteiger partial charge in [0.25, 0.3) is 0 Å². The molecule has 4 heteroatoms. The predicted octanol–water partition coefficient (Wildman–Crippen LogP) is 8.69. The summed E-state index contributed by atoms with van der Waals surface area (Å²) in [5, 5.41) is 11.5. The van der Waals surface area contributed by atoms with E-state index in [0.29, 0.717) is 16.9 Å². The van der Waals surface area contributed by atoms with E-state index in [1.807, 2.05) is 18.6 Å². The highest BCUT2D eigenvalue weighted by atomic mass is 15.4. The van der Waals surface area contributed by atoms with Crippen molar-refractivity contribution in [2.45, 2.75) is 98.4 Å². The zero-order valence-corrected chi connectivity index (χ0v) is 24.7. The van der Waals surface area contributed by atoms with E-state index in [0.717, 1.165) is 30.1 Å². The molecule has 3 aromatic rings. The van der Waals surface area contributed by atoms with Crippen molar-refractivity contribution in [1.29, 1.82) is 0 Å². The van der Waals surface area contributed by atoms with Gasteiger partial charge < -0.3 is 0 Å². The molecule has 3 saturated carbocycles. The fraction of sp³-hybridized carbons (Fsp3) is 0.629. The Morgan fingerprint density at radius 2 is 1.82 bits per heavy atom. The molecule has 2 heterocycles. The molecule has 0 aliphatic heterocycles. The van der Waals surface area contributed by atoms with Crippen LogP contribution in [0.1, 0.15) is 103 Å². The van der Waals surface area contributed by atoms with E-state index >= 15 is 0 Å². The van der Waals surface area contributed by atoms with E-state index in [1.54, 1.807) is 5.57 Å². The van der Waals surface area contributed by atoms with Crippen LogP contribution in [0.3, 0.4) is 0 Å². The third-order valence-corrected chi connectivity index (χ3v) is 11.9. The molecular weight excluding hydrogens is 476 g/mol. The van der Waals surface area contributed by atoms with Crippen molar-refractivity contribution in [3.63, 3.8) is 0 Å². The molecule has 0 N–H and O–H groups in total. The number of rotatable bonds is 3. The van der Waals surface area contributed by atoms with E-state index in [4.69, 9.17) is 0 Å². The minimum absolute atomic E-state index is 0.257. The van der Waals surface area contributed by atoms with Gasteiger partial charge in [-0.15, -0.1) is 5.10 Å². The number of aromatic nitrogens is 4. The van der Waals surface area contributed by atoms with Crippen molar-refractivity contribution in [2.24, 2.45) is 39.9 Å². The minimum Gasteiger partial charge on any atom is -0.264 e. The number of benzene rings is 1. The van der Waals surface area contributed by atoms with Gasteiger partial charge in [-0.25, -0.2) is 4.68 Å². The van der Waals surface area contributed by atoms with E-state index in [9.17, 15) is 0 Å². The van der Waals surface area contributed by atoms with Crippen LogP contribution in [0.15, 0.2) is 48.9 Å². The van der Waals surface area contributed by atoms with Gasteiger partial charge in [-0.05, 0) is 126 Å². The predicted molar refractivity (Wildman–Crippen MR) is 159 cm³/mol. The summed E-state index contributed by atoms with van der Waals surface area (Å²) in [6.07, 6.45) is 20.3. The largest absolute Gasteiger partial charge is 0.264 e. The first-order valence-corrected chi connectivity index (χ1v) is 15.6. The second-order valence-electron chi connectivity index (χ2n) is 15.2. The zero-order valence-electron chi connectivity index (χ0n) is 24.7. The molecule has 39 heavy (non-hydrogen) atoms. The quantitative estimate of drug-likeness (QED) is 0.345. The smallest absolute Gasteiger partial charge is 0.0725 e. The topological polar surface area (TPSA) is 43.6 Å². The van der Waals surface area contributed by atoms with Crippen LogP contribution >= 0.6 is 0 Å². The Morgan fingerprint density at radius 1 is 0.949 bits per heavy atom.